The maximum atomic E-state index is 12.7. The maximum Gasteiger partial charge on any atom is 0.416 e. The number of halogens is 3. The van der Waals surface area contributed by atoms with Crippen molar-refractivity contribution in [2.24, 2.45) is 5.73 Å². The van der Waals surface area contributed by atoms with Crippen molar-refractivity contribution in [2.75, 3.05) is 24.7 Å². The summed E-state index contributed by atoms with van der Waals surface area (Å²) in [6.45, 7) is 5.19. The first-order valence-electron chi connectivity index (χ1n) is 5.81. The molecule has 2 unspecified atom stereocenters. The van der Waals surface area contributed by atoms with E-state index in [1.165, 1.54) is 12.1 Å². The van der Waals surface area contributed by atoms with Gasteiger partial charge >= 0.3 is 6.18 Å². The summed E-state index contributed by atoms with van der Waals surface area (Å²) in [6.07, 6.45) is -4.29. The van der Waals surface area contributed by atoms with Gasteiger partial charge in [-0.05, 0) is 25.7 Å². The van der Waals surface area contributed by atoms with Crippen LogP contribution in [-0.2, 0) is 6.18 Å². The van der Waals surface area contributed by atoms with Crippen LogP contribution in [-0.4, -0.2) is 25.5 Å². The molecule has 100 valence electrons. The molecule has 0 aliphatic carbocycles. The van der Waals surface area contributed by atoms with Crippen molar-refractivity contribution < 1.29 is 13.2 Å². The zero-order chi connectivity index (χ0) is 13.5. The van der Waals surface area contributed by atoms with E-state index in [2.05, 4.69) is 6.66 Å². The first kappa shape index (κ1) is 13.6. The van der Waals surface area contributed by atoms with Crippen LogP contribution in [0.25, 0.3) is 0 Å². The average Bonchev–Trinajstić information content (AvgIpc) is 2.60. The molecule has 0 bridgehead atoms. The summed E-state index contributed by atoms with van der Waals surface area (Å²) in [5.41, 5.74) is 5.87. The van der Waals surface area contributed by atoms with Gasteiger partial charge < -0.3 is 10.6 Å². The third kappa shape index (κ3) is 2.10. The van der Waals surface area contributed by atoms with Gasteiger partial charge in [0.15, 0.2) is 0 Å². The van der Waals surface area contributed by atoms with Gasteiger partial charge in [0.05, 0.1) is 11.3 Å². The Morgan fingerprint density at radius 1 is 1.39 bits per heavy atom. The summed E-state index contributed by atoms with van der Waals surface area (Å²) >= 11 is 0. The third-order valence-corrected chi connectivity index (χ3v) is 5.87. The number of nitrogens with two attached hydrogens (primary N) is 1. The van der Waals surface area contributed by atoms with Crippen molar-refractivity contribution in [2.45, 2.75) is 18.9 Å². The third-order valence-electron chi connectivity index (χ3n) is 3.35. The van der Waals surface area contributed by atoms with Gasteiger partial charge in [-0.25, -0.2) is 0 Å². The molecule has 1 aliphatic heterocycles. The topological polar surface area (TPSA) is 29.3 Å². The minimum Gasteiger partial charge on any atom is -0.363 e. The molecule has 0 spiro atoms. The van der Waals surface area contributed by atoms with Crippen LogP contribution in [0.15, 0.2) is 18.2 Å². The van der Waals surface area contributed by atoms with Crippen LogP contribution in [0.4, 0.5) is 18.9 Å². The molecule has 1 aromatic carbocycles. The molecule has 0 radical (unpaired) electrons. The minimum atomic E-state index is -4.29. The van der Waals surface area contributed by atoms with Gasteiger partial charge in [0.2, 0.25) is 0 Å². The molecule has 1 aliphatic rings. The maximum absolute atomic E-state index is 12.7. The highest BCUT2D eigenvalue weighted by Gasteiger charge is 2.37. The number of nitrogens with zero attached hydrogens (tertiary/aromatic N) is 1. The van der Waals surface area contributed by atoms with Gasteiger partial charge in [0, 0.05) is 24.1 Å². The molecule has 1 aromatic rings. The van der Waals surface area contributed by atoms with Gasteiger partial charge in [-0.3, -0.25) is 0 Å². The highest BCUT2D eigenvalue weighted by molar-refractivity contribution is 7.66. The van der Waals surface area contributed by atoms with E-state index in [-0.39, 0.29) is 5.78 Å². The molecular formula is C12H16F3N2P. The van der Waals surface area contributed by atoms with E-state index in [4.69, 9.17) is 5.73 Å². The molecule has 2 nitrogen and oxygen atoms in total. The Morgan fingerprint density at radius 2 is 2.06 bits per heavy atom. The van der Waals surface area contributed by atoms with E-state index in [0.29, 0.717) is 18.8 Å². The van der Waals surface area contributed by atoms with Crippen molar-refractivity contribution in [1.82, 2.24) is 0 Å². The lowest BCUT2D eigenvalue weighted by atomic mass is 10.2. The number of hydrogen-bond donors (Lipinski definition) is 1. The molecule has 2 N–H and O–H groups in total. The fourth-order valence-electron chi connectivity index (χ4n) is 2.42. The van der Waals surface area contributed by atoms with Crippen LogP contribution < -0.4 is 15.9 Å². The van der Waals surface area contributed by atoms with E-state index in [0.717, 1.165) is 5.30 Å². The number of likely N-dealkylation sites (N-methyl/N-ethyl adjacent to an activating group) is 1. The smallest absolute Gasteiger partial charge is 0.363 e. The lowest BCUT2D eigenvalue weighted by Crippen LogP contribution is -2.35. The van der Waals surface area contributed by atoms with Gasteiger partial charge in [0.25, 0.3) is 0 Å². The van der Waals surface area contributed by atoms with Crippen LogP contribution in [0.2, 0.25) is 0 Å². The number of hydrogen-bond acceptors (Lipinski definition) is 2. The first-order chi connectivity index (χ1) is 8.40. The van der Waals surface area contributed by atoms with Crippen molar-refractivity contribution in [1.29, 1.82) is 0 Å². The van der Waals surface area contributed by atoms with E-state index in [1.54, 1.807) is 6.07 Å². The molecule has 1 heterocycles. The molecule has 2 atom stereocenters. The van der Waals surface area contributed by atoms with Crippen LogP contribution in [0.1, 0.15) is 12.5 Å². The van der Waals surface area contributed by atoms with Gasteiger partial charge in [0.1, 0.15) is 0 Å². The highest BCUT2D eigenvalue weighted by atomic mass is 31.1. The fraction of sp³-hybridized carbons (Fsp3) is 0.500. The fourth-order valence-corrected chi connectivity index (χ4v) is 4.63. The largest absolute Gasteiger partial charge is 0.416 e. The molecule has 6 heteroatoms. The molecule has 0 amide bonds. The second kappa shape index (κ2) is 4.71. The lowest BCUT2D eigenvalue weighted by molar-refractivity contribution is -0.137. The molecular weight excluding hydrogens is 260 g/mol. The number of fused-ring (bicyclic) bond motifs is 1. The molecule has 18 heavy (non-hydrogen) atoms. The van der Waals surface area contributed by atoms with E-state index < -0.39 is 19.7 Å². The van der Waals surface area contributed by atoms with Crippen LogP contribution in [0, 0.1) is 0 Å². The normalized spacial score (nSPS) is 23.3. The summed E-state index contributed by atoms with van der Waals surface area (Å²) in [5.74, 6) is 0.156. The van der Waals surface area contributed by atoms with E-state index in [9.17, 15) is 13.2 Å². The van der Waals surface area contributed by atoms with Crippen molar-refractivity contribution in [3.05, 3.63) is 23.8 Å². The summed E-state index contributed by atoms with van der Waals surface area (Å²) in [5, 5.41) is 1.02. The molecule has 2 rings (SSSR count). The Morgan fingerprint density at radius 3 is 2.56 bits per heavy atom. The van der Waals surface area contributed by atoms with Crippen LogP contribution >= 0.6 is 7.92 Å². The zero-order valence-corrected chi connectivity index (χ0v) is 11.2. The number of alkyl halides is 3. The number of anilines is 1. The predicted molar refractivity (Wildman–Crippen MR) is 69.8 cm³/mol. The Hall–Kier alpha value is -0.800. The number of rotatable bonds is 2. The standard InChI is InChI=1S/C12H16F3N2P/c1-3-17-9-6-8(12(13,14)15)4-5-10(9)18(2)11(17)7-16/h4-6,11H,3,7,16H2,1-2H3. The zero-order valence-electron chi connectivity index (χ0n) is 10.3. The number of benzene rings is 1. The SMILES string of the molecule is CCN1c2cc(C(F)(F)F)ccc2P(C)C1CN. The highest BCUT2D eigenvalue weighted by Crippen LogP contribution is 2.49. The van der Waals surface area contributed by atoms with Crippen molar-refractivity contribution in [3.63, 3.8) is 0 Å². The van der Waals surface area contributed by atoms with Crippen LogP contribution in [0.3, 0.4) is 0 Å². The van der Waals surface area contributed by atoms with E-state index in [1.807, 2.05) is 11.8 Å². The average molecular weight is 276 g/mol. The predicted octanol–water partition coefficient (Wildman–Crippen LogP) is 2.57. The second-order valence-electron chi connectivity index (χ2n) is 4.31. The first-order valence-corrected chi connectivity index (χ1v) is 7.66. The quantitative estimate of drug-likeness (QED) is 0.841. The van der Waals surface area contributed by atoms with Crippen molar-refractivity contribution in [3.8, 4) is 0 Å². The van der Waals surface area contributed by atoms with Gasteiger partial charge in [-0.1, -0.05) is 14.0 Å². The Labute approximate surface area is 106 Å². The Balaban J connectivity index is 2.48. The van der Waals surface area contributed by atoms with E-state index >= 15 is 0 Å². The monoisotopic (exact) mass is 276 g/mol. The Bertz CT molecular complexity index is 447. The molecule has 0 saturated carbocycles. The van der Waals surface area contributed by atoms with Crippen molar-refractivity contribution >= 4 is 18.9 Å². The van der Waals surface area contributed by atoms with Crippen LogP contribution in [0.5, 0.6) is 0 Å². The Kier molecular flexibility index (Phi) is 3.56. The summed E-state index contributed by atoms with van der Waals surface area (Å²) < 4.78 is 38.2. The molecule has 0 aromatic heterocycles. The summed E-state index contributed by atoms with van der Waals surface area (Å²) in [6, 6.07) is 4.04. The summed E-state index contributed by atoms with van der Waals surface area (Å²) in [7, 11) is -0.504. The van der Waals surface area contributed by atoms with Gasteiger partial charge in [-0.2, -0.15) is 13.2 Å². The second-order valence-corrected chi connectivity index (χ2v) is 6.61. The lowest BCUT2D eigenvalue weighted by Gasteiger charge is -2.27. The minimum absolute atomic E-state index is 0.156. The molecule has 0 saturated heterocycles. The summed E-state index contributed by atoms with van der Waals surface area (Å²) in [4.78, 5) is 2.00. The molecule has 0 fully saturated rings. The van der Waals surface area contributed by atoms with Gasteiger partial charge in [-0.15, -0.1) is 0 Å².